The van der Waals surface area contributed by atoms with Gasteiger partial charge in [-0.1, -0.05) is 0 Å². The van der Waals surface area contributed by atoms with Crippen LogP contribution in [0.25, 0.3) is 0 Å². The first-order valence-electron chi connectivity index (χ1n) is 5.67. The lowest BCUT2D eigenvalue weighted by Gasteiger charge is -2.57. The molecule has 18 heavy (non-hydrogen) atoms. The van der Waals surface area contributed by atoms with Gasteiger partial charge in [0.05, 0.1) is 0 Å². The minimum Gasteiger partial charge on any atom is -0.729 e. The Labute approximate surface area is 128 Å². The molecule has 0 aliphatic rings. The predicted octanol–water partition coefficient (Wildman–Crippen LogP) is -6.85. The average Bonchev–Trinajstić information content (AvgIpc) is 2.13. The Morgan fingerprint density at radius 2 is 0.833 bits per heavy atom. The molecular weight excluding hydrogens is 195 g/mol. The summed E-state index contributed by atoms with van der Waals surface area (Å²) < 4.78 is 0. The van der Waals surface area contributed by atoms with E-state index in [1.807, 2.05) is 0 Å². The van der Waals surface area contributed by atoms with E-state index >= 15 is 0 Å². The van der Waals surface area contributed by atoms with Crippen LogP contribution in [0.3, 0.4) is 0 Å². The first-order valence-corrected chi connectivity index (χ1v) is 5.67. The molecule has 0 aliphatic carbocycles. The van der Waals surface area contributed by atoms with Crippen molar-refractivity contribution in [3.8, 4) is 0 Å². The molecule has 0 aliphatic heterocycles. The highest BCUT2D eigenvalue weighted by molar-refractivity contribution is 8.17. The molecule has 0 spiro atoms. The molecule has 0 atom stereocenters. The van der Waals surface area contributed by atoms with E-state index in [9.17, 15) is 0 Å². The molecule has 0 saturated heterocycles. The van der Waals surface area contributed by atoms with Crippen molar-refractivity contribution in [2.24, 2.45) is 0 Å². The molecule has 0 amide bonds. The first-order chi connectivity index (χ1) is 8.11. The van der Waals surface area contributed by atoms with Gasteiger partial charge < -0.3 is 29.6 Å². The molecule has 0 nitrogen and oxygen atoms in total. The molecule has 18 heteroatoms. The van der Waals surface area contributed by atoms with Crippen molar-refractivity contribution in [1.82, 2.24) is 0 Å². The molecule has 0 aromatic heterocycles. The van der Waals surface area contributed by atoms with Crippen LogP contribution < -0.4 is 0 Å². The van der Waals surface area contributed by atoms with Gasteiger partial charge in [-0.25, -0.2) is 6.39 Å². The zero-order chi connectivity index (χ0) is 14.6. The standard InChI is InChI=1S/B18/c1-11(2)16(12(3)4)18(15(9)10)17(13(5)6)14(7)8/q-3. The summed E-state index contributed by atoms with van der Waals surface area (Å²) in [5, 5.41) is 0. The molecule has 0 aromatic rings. The van der Waals surface area contributed by atoms with Gasteiger partial charge in [0.1, 0.15) is 0 Å². The smallest absolute Gasteiger partial charge is 0.0000000367 e. The highest BCUT2D eigenvalue weighted by atomic mass is 13.2. The molecule has 57 valence electrons. The maximum absolute atomic E-state index is 5.72. The van der Waals surface area contributed by atoms with Crippen molar-refractivity contribution in [3.63, 3.8) is 0 Å². The minimum atomic E-state index is -0.853. The highest BCUT2D eigenvalue weighted by Gasteiger charge is 2.36. The Morgan fingerprint density at radius 1 is 0.500 bits per heavy atom. The van der Waals surface area contributed by atoms with Crippen molar-refractivity contribution >= 4 is 128 Å². The molecule has 0 bridgehead atoms. The van der Waals surface area contributed by atoms with Gasteiger partial charge in [-0.3, -0.25) is 0 Å². The van der Waals surface area contributed by atoms with Crippen molar-refractivity contribution in [2.45, 2.75) is 0 Å². The lowest BCUT2D eigenvalue weighted by molar-refractivity contribution is 3.35. The Hall–Kier alpha value is 1.17. The van der Waals surface area contributed by atoms with Crippen molar-refractivity contribution in [1.29, 1.82) is 0 Å². The summed E-state index contributed by atoms with van der Waals surface area (Å²) in [6.07, 6.45) is -6.04. The van der Waals surface area contributed by atoms with Gasteiger partial charge in [0.15, 0.2) is 0 Å². The summed E-state index contributed by atoms with van der Waals surface area (Å²) >= 11 is 0. The maximum atomic E-state index is 5.72. The van der Waals surface area contributed by atoms with E-state index in [-0.39, 0.29) is 0 Å². The van der Waals surface area contributed by atoms with E-state index in [0.29, 0.717) is 0 Å². The van der Waals surface area contributed by atoms with E-state index in [1.165, 1.54) is 0 Å². The molecule has 23 radical (unpaired) electrons. The van der Waals surface area contributed by atoms with Crippen LogP contribution in [-0.2, 0) is 0 Å². The Balaban J connectivity index is 5.37. The minimum absolute atomic E-state index is 0.593. The maximum Gasteiger partial charge on any atom is -0.0000000367 e. The fourth-order valence-electron chi connectivity index (χ4n) is 2.31. The average molecular weight is 195 g/mol. The van der Waals surface area contributed by atoms with Gasteiger partial charge in [-0.2, -0.15) is 0 Å². The van der Waals surface area contributed by atoms with Gasteiger partial charge in [0, 0.05) is 0 Å². The highest BCUT2D eigenvalue weighted by Crippen LogP contribution is 2.03. The van der Waals surface area contributed by atoms with Gasteiger partial charge in [0.2, 0.25) is 0 Å². The summed E-state index contributed by atoms with van der Waals surface area (Å²) in [6, 6.07) is 0. The van der Waals surface area contributed by atoms with Crippen LogP contribution in [0.4, 0.5) is 0 Å². The first kappa shape index (κ1) is 19.2. The SMILES string of the molecule is [B]B([B])B(B([B])[B])B(B([B])[B])B(B([B])[B-])B([B-])[B-]. The monoisotopic (exact) mass is 198 g/mol. The quantitative estimate of drug-likeness (QED) is 0.354. The van der Waals surface area contributed by atoms with Crippen LogP contribution >= 0.6 is 0 Å². The van der Waals surface area contributed by atoms with Crippen molar-refractivity contribution in [2.75, 3.05) is 0 Å². The number of hydrogen-bond acceptors (Lipinski definition) is 0. The van der Waals surface area contributed by atoms with E-state index in [2.05, 4.69) is 0 Å². The van der Waals surface area contributed by atoms with E-state index < -0.39 is 51.1 Å². The summed E-state index contributed by atoms with van der Waals surface area (Å²) in [6.45, 7) is 0. The van der Waals surface area contributed by atoms with E-state index in [1.54, 1.807) is 0 Å². The summed E-state index contributed by atoms with van der Waals surface area (Å²) in [4.78, 5) is 0. The Bertz CT molecular complexity index is 174. The van der Waals surface area contributed by atoms with E-state index in [0.717, 1.165) is 0 Å². The van der Waals surface area contributed by atoms with Crippen LogP contribution in [0.1, 0.15) is 0 Å². The molecule has 0 rings (SSSR count). The second-order valence-electron chi connectivity index (χ2n) is 4.62. The van der Waals surface area contributed by atoms with E-state index in [4.69, 9.17) is 77.4 Å². The second kappa shape index (κ2) is 8.45. The summed E-state index contributed by atoms with van der Waals surface area (Å²) in [5.74, 6) is 0. The molecule has 0 fully saturated rings. The van der Waals surface area contributed by atoms with Crippen LogP contribution in [0.5, 0.6) is 0 Å². The molecule has 0 N–H and O–H groups in total. The van der Waals surface area contributed by atoms with Crippen LogP contribution in [0.2, 0.25) is 0 Å². The number of hydrogen-bond donors (Lipinski definition) is 0. The third kappa shape index (κ3) is 5.28. The van der Waals surface area contributed by atoms with Gasteiger partial charge in [-0.15, -0.1) is 6.39 Å². The number of rotatable bonds is 7. The lowest BCUT2D eigenvalue weighted by atomic mass is 8.41. The van der Waals surface area contributed by atoms with Crippen molar-refractivity contribution < 1.29 is 0 Å². The normalized spacial score (nSPS) is 9.28. The molecule has 0 heterocycles. The lowest BCUT2D eigenvalue weighted by Crippen LogP contribution is -2.78. The van der Waals surface area contributed by atoms with Crippen LogP contribution in [-0.4, -0.2) is 128 Å². The second-order valence-corrected chi connectivity index (χ2v) is 4.62. The van der Waals surface area contributed by atoms with Gasteiger partial charge >= 0.3 is 0 Å². The molecule has 0 aromatic carbocycles. The summed E-state index contributed by atoms with van der Waals surface area (Å²) in [7, 11) is 56.7. The Morgan fingerprint density at radius 3 is 1.00 bits per heavy atom. The third-order valence-corrected chi connectivity index (χ3v) is 3.11. The fourth-order valence-corrected chi connectivity index (χ4v) is 2.31. The van der Waals surface area contributed by atoms with Crippen molar-refractivity contribution in [3.05, 3.63) is 0 Å². The molecule has 0 saturated carbocycles. The van der Waals surface area contributed by atoms with Crippen LogP contribution in [0, 0.1) is 0 Å². The fraction of sp³-hybridized carbons (Fsp3) is 0. The van der Waals surface area contributed by atoms with Crippen LogP contribution in [0.15, 0.2) is 0 Å². The van der Waals surface area contributed by atoms with Gasteiger partial charge in [0.25, 0.3) is 0 Å². The molecule has 0 unspecified atom stereocenters. The third-order valence-electron chi connectivity index (χ3n) is 3.11. The zero-order valence-corrected chi connectivity index (χ0v) is 10.4. The largest absolute Gasteiger partial charge is 0.729 e. The Kier molecular flexibility index (Phi) is 9.00. The predicted molar refractivity (Wildman–Crippen MR) is 104 cm³/mol. The van der Waals surface area contributed by atoms with Gasteiger partial charge in [-0.05, 0) is 86.1 Å². The summed E-state index contributed by atoms with van der Waals surface area (Å²) in [5.41, 5.74) is 0. The topological polar surface area (TPSA) is 0 Å². The zero-order valence-electron chi connectivity index (χ0n) is 10.4. The molecular formula is B18-3.